The number of hydrogen-bond donors (Lipinski definition) is 0. The summed E-state index contributed by atoms with van der Waals surface area (Å²) in [5.41, 5.74) is 0. The lowest BCUT2D eigenvalue weighted by atomic mass is 10.3. The molecule has 0 saturated carbocycles. The van der Waals surface area contributed by atoms with Crippen molar-refractivity contribution in [1.82, 2.24) is 0 Å². The Morgan fingerprint density at radius 1 is 1.29 bits per heavy atom. The molecule has 0 bridgehead atoms. The first-order chi connectivity index (χ1) is 6.29. The van der Waals surface area contributed by atoms with Crippen LogP contribution in [0.1, 0.15) is 0 Å². The van der Waals surface area contributed by atoms with Gasteiger partial charge in [-0.1, -0.05) is 11.6 Å². The van der Waals surface area contributed by atoms with Gasteiger partial charge in [-0.2, -0.15) is 0 Å². The molecular formula is C7H2ClF4IO. The van der Waals surface area contributed by atoms with Crippen LogP contribution in [0, 0.1) is 9.39 Å². The van der Waals surface area contributed by atoms with Gasteiger partial charge in [0.05, 0.1) is 0 Å². The second-order valence-electron chi connectivity index (χ2n) is 2.25. The van der Waals surface area contributed by atoms with Crippen molar-refractivity contribution in [1.29, 1.82) is 0 Å². The van der Waals surface area contributed by atoms with Crippen LogP contribution in [0.2, 0.25) is 5.02 Å². The topological polar surface area (TPSA) is 9.23 Å². The van der Waals surface area contributed by atoms with E-state index >= 15 is 0 Å². The largest absolute Gasteiger partial charge is 0.573 e. The SMILES string of the molecule is Fc1cc(I)cc(OC(F)(F)F)c1Cl. The smallest absolute Gasteiger partial charge is 0.404 e. The first-order valence-corrected chi connectivity index (χ1v) is 4.65. The standard InChI is InChI=1S/C7H2ClF4IO/c8-6-4(9)1-3(13)2-5(6)14-7(10,11)12/h1-2H. The fourth-order valence-electron chi connectivity index (χ4n) is 0.731. The van der Waals surface area contributed by atoms with Gasteiger partial charge < -0.3 is 4.74 Å². The van der Waals surface area contributed by atoms with Crippen LogP contribution in [-0.4, -0.2) is 6.36 Å². The molecule has 0 N–H and O–H groups in total. The maximum Gasteiger partial charge on any atom is 0.573 e. The van der Waals surface area contributed by atoms with Crippen molar-refractivity contribution in [3.8, 4) is 5.75 Å². The average Bonchev–Trinajstić information content (AvgIpc) is 1.96. The lowest BCUT2D eigenvalue weighted by Crippen LogP contribution is -2.17. The number of ether oxygens (including phenoxy) is 1. The van der Waals surface area contributed by atoms with Gasteiger partial charge in [0.15, 0.2) is 5.75 Å². The summed E-state index contributed by atoms with van der Waals surface area (Å²) in [6.45, 7) is 0. The molecule has 0 aliphatic heterocycles. The van der Waals surface area contributed by atoms with E-state index in [1.165, 1.54) is 0 Å². The predicted octanol–water partition coefficient (Wildman–Crippen LogP) is 3.98. The fraction of sp³-hybridized carbons (Fsp3) is 0.143. The molecule has 0 saturated heterocycles. The Morgan fingerprint density at radius 2 is 1.86 bits per heavy atom. The molecular weight excluding hydrogens is 338 g/mol. The summed E-state index contributed by atoms with van der Waals surface area (Å²) >= 11 is 6.92. The zero-order valence-corrected chi connectivity index (χ0v) is 9.24. The Labute approximate surface area is 95.1 Å². The monoisotopic (exact) mass is 340 g/mol. The molecule has 0 radical (unpaired) electrons. The number of benzene rings is 1. The second kappa shape index (κ2) is 4.09. The second-order valence-corrected chi connectivity index (χ2v) is 3.87. The molecule has 78 valence electrons. The van der Waals surface area contributed by atoms with Gasteiger partial charge in [-0.15, -0.1) is 13.2 Å². The van der Waals surface area contributed by atoms with E-state index in [1.54, 1.807) is 22.6 Å². The zero-order chi connectivity index (χ0) is 10.9. The van der Waals surface area contributed by atoms with Gasteiger partial charge in [-0.05, 0) is 34.7 Å². The number of halogens is 6. The van der Waals surface area contributed by atoms with E-state index in [0.717, 1.165) is 12.1 Å². The fourth-order valence-corrected chi connectivity index (χ4v) is 1.44. The highest BCUT2D eigenvalue weighted by molar-refractivity contribution is 14.1. The molecule has 0 aromatic heterocycles. The van der Waals surface area contributed by atoms with Crippen molar-refractivity contribution in [2.45, 2.75) is 6.36 Å². The first kappa shape index (κ1) is 11.8. The van der Waals surface area contributed by atoms with Crippen molar-refractivity contribution >= 4 is 34.2 Å². The predicted molar refractivity (Wildman–Crippen MR) is 50.8 cm³/mol. The van der Waals surface area contributed by atoms with Crippen LogP contribution in [0.3, 0.4) is 0 Å². The van der Waals surface area contributed by atoms with Gasteiger partial charge in [0.1, 0.15) is 10.8 Å². The van der Waals surface area contributed by atoms with E-state index in [1.807, 2.05) is 0 Å². The summed E-state index contributed by atoms with van der Waals surface area (Å²) in [5, 5.41) is -0.678. The molecule has 0 amide bonds. The molecule has 1 aromatic carbocycles. The van der Waals surface area contributed by atoms with Gasteiger partial charge in [0.2, 0.25) is 0 Å². The van der Waals surface area contributed by atoms with Gasteiger partial charge in [-0.3, -0.25) is 0 Å². The number of rotatable bonds is 1. The van der Waals surface area contributed by atoms with Crippen molar-refractivity contribution in [2.75, 3.05) is 0 Å². The van der Waals surface area contributed by atoms with Crippen LogP contribution in [0.5, 0.6) is 5.75 Å². The minimum Gasteiger partial charge on any atom is -0.404 e. The van der Waals surface area contributed by atoms with E-state index in [4.69, 9.17) is 11.6 Å². The highest BCUT2D eigenvalue weighted by Gasteiger charge is 2.32. The van der Waals surface area contributed by atoms with Gasteiger partial charge in [-0.25, -0.2) is 4.39 Å². The van der Waals surface area contributed by atoms with Gasteiger partial charge in [0, 0.05) is 3.57 Å². The quantitative estimate of drug-likeness (QED) is 0.427. The summed E-state index contributed by atoms with van der Waals surface area (Å²) in [6, 6.07) is 2.01. The number of alkyl halides is 3. The third-order valence-electron chi connectivity index (χ3n) is 1.19. The summed E-state index contributed by atoms with van der Waals surface area (Å²) in [5.74, 6) is -1.68. The molecule has 14 heavy (non-hydrogen) atoms. The van der Waals surface area contributed by atoms with Gasteiger partial charge in [0.25, 0.3) is 0 Å². The Balaban J connectivity index is 3.09. The van der Waals surface area contributed by atoms with Crippen LogP contribution < -0.4 is 4.74 Å². The molecule has 0 spiro atoms. The van der Waals surface area contributed by atoms with E-state index in [0.29, 0.717) is 0 Å². The van der Waals surface area contributed by atoms with Crippen molar-refractivity contribution in [3.05, 3.63) is 26.5 Å². The lowest BCUT2D eigenvalue weighted by Gasteiger charge is -2.10. The third-order valence-corrected chi connectivity index (χ3v) is 2.17. The maximum atomic E-state index is 12.8. The Kier molecular flexibility index (Phi) is 3.46. The summed E-state index contributed by atoms with van der Waals surface area (Å²) in [4.78, 5) is 0. The third kappa shape index (κ3) is 3.16. The highest BCUT2D eigenvalue weighted by atomic mass is 127. The van der Waals surface area contributed by atoms with E-state index in [2.05, 4.69) is 4.74 Å². The summed E-state index contributed by atoms with van der Waals surface area (Å²) in [6.07, 6.45) is -4.87. The first-order valence-electron chi connectivity index (χ1n) is 3.20. The highest BCUT2D eigenvalue weighted by Crippen LogP contribution is 2.33. The van der Waals surface area contributed by atoms with Gasteiger partial charge >= 0.3 is 6.36 Å². The normalized spacial score (nSPS) is 11.6. The Morgan fingerprint density at radius 3 is 2.36 bits per heavy atom. The van der Waals surface area contributed by atoms with E-state index < -0.39 is 23.0 Å². The molecule has 0 aliphatic rings. The van der Waals surface area contributed by atoms with Crippen molar-refractivity contribution in [3.63, 3.8) is 0 Å². The van der Waals surface area contributed by atoms with Crippen LogP contribution in [0.15, 0.2) is 12.1 Å². The zero-order valence-electron chi connectivity index (χ0n) is 6.33. The maximum absolute atomic E-state index is 12.8. The molecule has 1 rings (SSSR count). The van der Waals surface area contributed by atoms with Crippen LogP contribution in [0.25, 0.3) is 0 Å². The van der Waals surface area contributed by atoms with Crippen molar-refractivity contribution in [2.24, 2.45) is 0 Å². The molecule has 1 nitrogen and oxygen atoms in total. The minimum atomic E-state index is -4.87. The molecule has 0 atom stereocenters. The van der Waals surface area contributed by atoms with Crippen LogP contribution >= 0.6 is 34.2 Å². The van der Waals surface area contributed by atoms with Crippen molar-refractivity contribution < 1.29 is 22.3 Å². The molecule has 7 heteroatoms. The average molecular weight is 340 g/mol. The Bertz CT molecular complexity index is 352. The lowest BCUT2D eigenvalue weighted by molar-refractivity contribution is -0.274. The van der Waals surface area contributed by atoms with Crippen LogP contribution in [-0.2, 0) is 0 Å². The van der Waals surface area contributed by atoms with Crippen LogP contribution in [0.4, 0.5) is 17.6 Å². The molecule has 0 heterocycles. The molecule has 0 unspecified atom stereocenters. The summed E-state index contributed by atoms with van der Waals surface area (Å²) < 4.78 is 52.0. The minimum absolute atomic E-state index is 0.267. The Hall–Kier alpha value is -0.240. The molecule has 1 aromatic rings. The van der Waals surface area contributed by atoms with E-state index in [-0.39, 0.29) is 3.57 Å². The molecule has 0 fully saturated rings. The summed E-state index contributed by atoms with van der Waals surface area (Å²) in [7, 11) is 0. The molecule has 0 aliphatic carbocycles. The number of hydrogen-bond acceptors (Lipinski definition) is 1. The van der Waals surface area contributed by atoms with E-state index in [9.17, 15) is 17.6 Å².